The SMILES string of the molecule is CN(C)S(=O)(=O)n1c2ccccc2n2c(=O)c3cccc[n+]3nc12.[I-]. The van der Waals surface area contributed by atoms with Gasteiger partial charge >= 0.3 is 21.3 Å². The number of fused-ring (bicyclic) bond motifs is 4. The Morgan fingerprint density at radius 1 is 1.04 bits per heavy atom. The van der Waals surface area contributed by atoms with Gasteiger partial charge in [-0.15, -0.1) is 0 Å². The number of halogens is 1. The number of hydrogen-bond acceptors (Lipinski definition) is 4. The normalized spacial score (nSPS) is 12.1. The molecule has 0 atom stereocenters. The second-order valence-corrected chi connectivity index (χ2v) is 7.51. The van der Waals surface area contributed by atoms with Crippen LogP contribution in [0.25, 0.3) is 22.3 Å². The van der Waals surface area contributed by atoms with E-state index in [0.717, 1.165) is 8.28 Å². The van der Waals surface area contributed by atoms with Crippen LogP contribution in [0, 0.1) is 0 Å². The van der Waals surface area contributed by atoms with Crippen LogP contribution >= 0.6 is 0 Å². The molecule has 0 aliphatic carbocycles. The molecule has 25 heavy (non-hydrogen) atoms. The lowest BCUT2D eigenvalue weighted by atomic mass is 10.3. The molecule has 0 saturated carbocycles. The van der Waals surface area contributed by atoms with Gasteiger partial charge < -0.3 is 24.0 Å². The van der Waals surface area contributed by atoms with Gasteiger partial charge in [-0.25, -0.2) is 4.40 Å². The minimum atomic E-state index is -3.86. The van der Waals surface area contributed by atoms with E-state index in [9.17, 15) is 13.2 Å². The fraction of sp³-hybridized carbons (Fsp3) is 0.133. The van der Waals surface area contributed by atoms with E-state index in [4.69, 9.17) is 0 Å². The van der Waals surface area contributed by atoms with Gasteiger partial charge in [-0.1, -0.05) is 12.1 Å². The molecule has 0 saturated heterocycles. The van der Waals surface area contributed by atoms with Crippen LogP contribution in [0.5, 0.6) is 0 Å². The van der Waals surface area contributed by atoms with Crippen molar-refractivity contribution in [2.24, 2.45) is 0 Å². The van der Waals surface area contributed by atoms with E-state index < -0.39 is 10.2 Å². The summed E-state index contributed by atoms with van der Waals surface area (Å²) < 4.78 is 30.5. The van der Waals surface area contributed by atoms with Crippen LogP contribution in [0.15, 0.2) is 53.5 Å². The predicted octanol–water partition coefficient (Wildman–Crippen LogP) is -2.95. The van der Waals surface area contributed by atoms with Crippen LogP contribution in [-0.4, -0.2) is 40.3 Å². The Balaban J connectivity index is 0.00000182. The van der Waals surface area contributed by atoms with Gasteiger partial charge in [-0.05, 0) is 22.7 Å². The standard InChI is InChI=1S/C15H14N5O3S.HI/c1-17(2)24(22,23)20-12-8-4-3-7-11(12)19-14(21)13-9-5-6-10-18(13)16-15(19)20;/h3-10H,1-2H3;1H/q+1;/p-1. The minimum absolute atomic E-state index is 0. The molecule has 3 heterocycles. The average Bonchev–Trinajstić information content (AvgIpc) is 2.89. The summed E-state index contributed by atoms with van der Waals surface area (Å²) in [5, 5.41) is 4.36. The van der Waals surface area contributed by atoms with Crippen molar-refractivity contribution in [3.63, 3.8) is 0 Å². The van der Waals surface area contributed by atoms with Crippen LogP contribution in [0.4, 0.5) is 0 Å². The van der Waals surface area contributed by atoms with Gasteiger partial charge in [0.2, 0.25) is 6.20 Å². The molecular weight excluding hydrogens is 457 g/mol. The number of pyridine rings is 1. The molecule has 0 amide bonds. The molecule has 4 aromatic rings. The van der Waals surface area contributed by atoms with Crippen LogP contribution in [0.3, 0.4) is 0 Å². The Morgan fingerprint density at radius 2 is 1.68 bits per heavy atom. The molecule has 0 radical (unpaired) electrons. The molecule has 0 unspecified atom stereocenters. The molecule has 0 bridgehead atoms. The third-order valence-electron chi connectivity index (χ3n) is 3.87. The summed E-state index contributed by atoms with van der Waals surface area (Å²) in [6.07, 6.45) is 1.61. The lowest BCUT2D eigenvalue weighted by Gasteiger charge is -2.12. The first kappa shape index (κ1) is 17.8. The van der Waals surface area contributed by atoms with Gasteiger partial charge in [0.05, 0.1) is 11.0 Å². The Bertz CT molecular complexity index is 1280. The summed E-state index contributed by atoms with van der Waals surface area (Å²) in [5.41, 5.74) is 0.915. The minimum Gasteiger partial charge on any atom is -1.00 e. The molecule has 1 aromatic carbocycles. The van der Waals surface area contributed by atoms with Crippen LogP contribution in [0.1, 0.15) is 0 Å². The second-order valence-electron chi connectivity index (χ2n) is 5.51. The summed E-state index contributed by atoms with van der Waals surface area (Å²) in [5.74, 6) is 0.0404. The Hall–Kier alpha value is -2.05. The molecule has 0 aliphatic heterocycles. The van der Waals surface area contributed by atoms with Crippen molar-refractivity contribution in [1.82, 2.24) is 17.8 Å². The number of imidazole rings is 1. The zero-order valence-electron chi connectivity index (χ0n) is 13.4. The van der Waals surface area contributed by atoms with E-state index in [0.29, 0.717) is 16.6 Å². The number of aromatic nitrogens is 4. The maximum Gasteiger partial charge on any atom is 0.333 e. The van der Waals surface area contributed by atoms with Gasteiger partial charge in [-0.3, -0.25) is 4.79 Å². The highest BCUT2D eigenvalue weighted by atomic mass is 127. The zero-order valence-corrected chi connectivity index (χ0v) is 16.3. The van der Waals surface area contributed by atoms with E-state index in [1.165, 1.54) is 23.0 Å². The third-order valence-corrected chi connectivity index (χ3v) is 5.62. The molecule has 0 aliphatic rings. The lowest BCUT2D eigenvalue weighted by molar-refractivity contribution is -0.579. The van der Waals surface area contributed by atoms with Gasteiger partial charge in [0.1, 0.15) is 0 Å². The number of rotatable bonds is 2. The molecule has 8 nitrogen and oxygen atoms in total. The lowest BCUT2D eigenvalue weighted by Crippen LogP contribution is -3.00. The predicted molar refractivity (Wildman–Crippen MR) is 88.1 cm³/mol. The van der Waals surface area contributed by atoms with Crippen LogP contribution < -0.4 is 34.1 Å². The van der Waals surface area contributed by atoms with Gasteiger partial charge in [0.15, 0.2) is 0 Å². The van der Waals surface area contributed by atoms with Crippen LogP contribution in [-0.2, 0) is 10.2 Å². The highest BCUT2D eigenvalue weighted by Gasteiger charge is 2.28. The summed E-state index contributed by atoms with van der Waals surface area (Å²) in [7, 11) is -0.983. The van der Waals surface area contributed by atoms with Crippen molar-refractivity contribution in [2.45, 2.75) is 0 Å². The van der Waals surface area contributed by atoms with E-state index in [-0.39, 0.29) is 35.3 Å². The average molecular weight is 471 g/mol. The van der Waals surface area contributed by atoms with Gasteiger partial charge in [-0.2, -0.15) is 16.7 Å². The highest BCUT2D eigenvalue weighted by Crippen LogP contribution is 2.20. The number of nitrogens with zero attached hydrogens (tertiary/aromatic N) is 5. The first-order valence-electron chi connectivity index (χ1n) is 7.19. The fourth-order valence-electron chi connectivity index (χ4n) is 2.71. The number of benzene rings is 1. The Morgan fingerprint density at radius 3 is 2.36 bits per heavy atom. The van der Waals surface area contributed by atoms with E-state index in [1.54, 1.807) is 48.7 Å². The van der Waals surface area contributed by atoms with E-state index in [1.807, 2.05) is 0 Å². The largest absolute Gasteiger partial charge is 1.00 e. The molecule has 10 heteroatoms. The van der Waals surface area contributed by atoms with Gasteiger partial charge in [0, 0.05) is 31.3 Å². The molecule has 3 aromatic heterocycles. The number of para-hydroxylation sites is 2. The third kappa shape index (κ3) is 2.43. The Kier molecular flexibility index (Phi) is 4.29. The quantitative estimate of drug-likeness (QED) is 0.231. The van der Waals surface area contributed by atoms with Crippen molar-refractivity contribution in [3.05, 3.63) is 59.0 Å². The monoisotopic (exact) mass is 471 g/mol. The smallest absolute Gasteiger partial charge is 0.333 e. The first-order valence-corrected chi connectivity index (χ1v) is 8.58. The molecule has 0 spiro atoms. The maximum atomic E-state index is 12.9. The topological polar surface area (TPSA) is 80.8 Å². The highest BCUT2D eigenvalue weighted by molar-refractivity contribution is 7.87. The summed E-state index contributed by atoms with van der Waals surface area (Å²) in [6.45, 7) is 0. The molecule has 130 valence electrons. The summed E-state index contributed by atoms with van der Waals surface area (Å²) in [4.78, 5) is 12.9. The zero-order chi connectivity index (χ0) is 17.1. The number of hydrogen-bond donors (Lipinski definition) is 0. The maximum absolute atomic E-state index is 12.9. The summed E-state index contributed by atoms with van der Waals surface area (Å²) >= 11 is 0. The van der Waals surface area contributed by atoms with Crippen molar-refractivity contribution < 1.29 is 36.9 Å². The summed E-state index contributed by atoms with van der Waals surface area (Å²) in [6, 6.07) is 11.9. The van der Waals surface area contributed by atoms with E-state index in [2.05, 4.69) is 5.10 Å². The van der Waals surface area contributed by atoms with Crippen molar-refractivity contribution >= 4 is 32.5 Å². The van der Waals surface area contributed by atoms with Crippen LogP contribution in [0.2, 0.25) is 0 Å². The first-order chi connectivity index (χ1) is 11.4. The van der Waals surface area contributed by atoms with E-state index >= 15 is 0 Å². The van der Waals surface area contributed by atoms with Crippen molar-refractivity contribution in [2.75, 3.05) is 14.1 Å². The van der Waals surface area contributed by atoms with Crippen molar-refractivity contribution in [3.8, 4) is 0 Å². The molecular formula is C15H14IN5O3S. The van der Waals surface area contributed by atoms with Crippen molar-refractivity contribution in [1.29, 1.82) is 0 Å². The second kappa shape index (κ2) is 6.04. The Labute approximate surface area is 160 Å². The molecule has 0 fully saturated rings. The molecule has 0 N–H and O–H groups in total. The van der Waals surface area contributed by atoms with Gasteiger partial charge in [0.25, 0.3) is 5.78 Å². The fourth-order valence-corrected chi connectivity index (χ4v) is 3.76. The molecule has 4 rings (SSSR count).